The van der Waals surface area contributed by atoms with E-state index in [0.717, 1.165) is 25.9 Å². The summed E-state index contributed by atoms with van der Waals surface area (Å²) in [5, 5.41) is 6.04. The summed E-state index contributed by atoms with van der Waals surface area (Å²) in [6.07, 6.45) is 1.98. The standard InChI is InChI=1S/C12H14BrFN2O.ClH/c13-8-3-4-10(11(14)6-8)12(17)16-9-2-1-5-15-7-9;/h3-4,6,9,15H,1-2,5,7H2,(H,16,17);1H. The van der Waals surface area contributed by atoms with Crippen LogP contribution in [0.2, 0.25) is 0 Å². The van der Waals surface area contributed by atoms with E-state index in [4.69, 9.17) is 0 Å². The number of amides is 1. The van der Waals surface area contributed by atoms with Gasteiger partial charge in [0.15, 0.2) is 0 Å². The van der Waals surface area contributed by atoms with E-state index in [0.29, 0.717) is 4.47 Å². The first-order valence-electron chi connectivity index (χ1n) is 5.63. The number of piperidine rings is 1. The molecule has 1 unspecified atom stereocenters. The second kappa shape index (κ2) is 7.07. The molecule has 0 aliphatic carbocycles. The summed E-state index contributed by atoms with van der Waals surface area (Å²) in [5.74, 6) is -0.843. The summed E-state index contributed by atoms with van der Waals surface area (Å²) < 4.78 is 14.2. The van der Waals surface area contributed by atoms with E-state index in [1.54, 1.807) is 6.07 Å². The van der Waals surface area contributed by atoms with E-state index in [2.05, 4.69) is 26.6 Å². The molecule has 1 fully saturated rings. The van der Waals surface area contributed by atoms with Crippen molar-refractivity contribution in [2.45, 2.75) is 18.9 Å². The maximum absolute atomic E-state index is 13.5. The summed E-state index contributed by atoms with van der Waals surface area (Å²) in [6, 6.07) is 4.55. The first kappa shape index (κ1) is 15.4. The molecule has 6 heteroatoms. The molecule has 1 saturated heterocycles. The van der Waals surface area contributed by atoms with E-state index in [1.807, 2.05) is 0 Å². The van der Waals surface area contributed by atoms with Gasteiger partial charge >= 0.3 is 0 Å². The summed E-state index contributed by atoms with van der Waals surface area (Å²) in [5.41, 5.74) is 0.0961. The Morgan fingerprint density at radius 1 is 1.50 bits per heavy atom. The van der Waals surface area contributed by atoms with Gasteiger partial charge in [0, 0.05) is 17.1 Å². The highest BCUT2D eigenvalue weighted by Crippen LogP contribution is 2.15. The molecule has 1 aromatic rings. The molecule has 0 saturated carbocycles. The van der Waals surface area contributed by atoms with E-state index in [-0.39, 0.29) is 29.9 Å². The Kier molecular flexibility index (Phi) is 6.05. The molecule has 3 nitrogen and oxygen atoms in total. The lowest BCUT2D eigenvalue weighted by atomic mass is 10.1. The number of carbonyl (C=O) groups excluding carboxylic acids is 1. The number of hydrogen-bond donors (Lipinski definition) is 2. The van der Waals surface area contributed by atoms with Crippen molar-refractivity contribution in [1.82, 2.24) is 10.6 Å². The topological polar surface area (TPSA) is 41.1 Å². The van der Waals surface area contributed by atoms with Gasteiger partial charge in [0.25, 0.3) is 5.91 Å². The van der Waals surface area contributed by atoms with Crippen molar-refractivity contribution in [1.29, 1.82) is 0 Å². The van der Waals surface area contributed by atoms with E-state index >= 15 is 0 Å². The Labute approximate surface area is 120 Å². The number of benzene rings is 1. The molecule has 100 valence electrons. The summed E-state index contributed by atoms with van der Waals surface area (Å²) in [6.45, 7) is 1.74. The number of nitrogens with one attached hydrogen (secondary N) is 2. The number of rotatable bonds is 2. The fourth-order valence-electron chi connectivity index (χ4n) is 1.91. The quantitative estimate of drug-likeness (QED) is 0.870. The van der Waals surface area contributed by atoms with Crippen LogP contribution in [0.4, 0.5) is 4.39 Å². The zero-order valence-corrected chi connectivity index (χ0v) is 12.1. The Morgan fingerprint density at radius 3 is 2.89 bits per heavy atom. The van der Waals surface area contributed by atoms with Crippen LogP contribution >= 0.6 is 28.3 Å². The molecule has 0 aromatic heterocycles. The number of halogens is 3. The molecule has 0 spiro atoms. The van der Waals surface area contributed by atoms with E-state index < -0.39 is 5.82 Å². The maximum Gasteiger partial charge on any atom is 0.254 e. The van der Waals surface area contributed by atoms with Gasteiger partial charge in [0.1, 0.15) is 5.82 Å². The van der Waals surface area contributed by atoms with Gasteiger partial charge in [-0.3, -0.25) is 4.79 Å². The molecule has 1 aromatic carbocycles. The van der Waals surface area contributed by atoms with Gasteiger partial charge in [0.2, 0.25) is 0 Å². The lowest BCUT2D eigenvalue weighted by Gasteiger charge is -2.23. The largest absolute Gasteiger partial charge is 0.348 e. The fourth-order valence-corrected chi connectivity index (χ4v) is 2.24. The molecule has 2 rings (SSSR count). The van der Waals surface area contributed by atoms with Gasteiger partial charge in [0.05, 0.1) is 5.56 Å². The Hall–Kier alpha value is -0.650. The minimum absolute atomic E-state index is 0. The number of carbonyl (C=O) groups is 1. The average Bonchev–Trinajstić information content (AvgIpc) is 2.30. The highest BCUT2D eigenvalue weighted by atomic mass is 79.9. The molecular weight excluding hydrogens is 322 g/mol. The van der Waals surface area contributed by atoms with Crippen LogP contribution in [0.1, 0.15) is 23.2 Å². The van der Waals surface area contributed by atoms with Crippen LogP contribution in [-0.4, -0.2) is 25.0 Å². The monoisotopic (exact) mass is 336 g/mol. The van der Waals surface area contributed by atoms with Crippen LogP contribution in [0, 0.1) is 5.82 Å². The van der Waals surface area contributed by atoms with E-state index in [1.165, 1.54) is 12.1 Å². The third-order valence-corrected chi connectivity index (χ3v) is 3.30. The predicted molar refractivity (Wildman–Crippen MR) is 74.7 cm³/mol. The van der Waals surface area contributed by atoms with Gasteiger partial charge in [-0.2, -0.15) is 0 Å². The fraction of sp³-hybridized carbons (Fsp3) is 0.417. The van der Waals surface area contributed by atoms with Crippen LogP contribution in [0.3, 0.4) is 0 Å². The van der Waals surface area contributed by atoms with Gasteiger partial charge in [-0.1, -0.05) is 15.9 Å². The average molecular weight is 338 g/mol. The van der Waals surface area contributed by atoms with Crippen molar-refractivity contribution in [3.63, 3.8) is 0 Å². The molecule has 18 heavy (non-hydrogen) atoms. The van der Waals surface area contributed by atoms with Crippen molar-refractivity contribution in [2.75, 3.05) is 13.1 Å². The molecule has 1 aliphatic heterocycles. The van der Waals surface area contributed by atoms with Gasteiger partial charge in [-0.05, 0) is 37.6 Å². The summed E-state index contributed by atoms with van der Waals surface area (Å²) >= 11 is 3.16. The predicted octanol–water partition coefficient (Wildman–Crippen LogP) is 2.49. The van der Waals surface area contributed by atoms with Gasteiger partial charge in [-0.25, -0.2) is 4.39 Å². The summed E-state index contributed by atoms with van der Waals surface area (Å²) in [7, 11) is 0. The highest BCUT2D eigenvalue weighted by Gasteiger charge is 2.18. The molecule has 2 N–H and O–H groups in total. The van der Waals surface area contributed by atoms with Crippen LogP contribution in [0.25, 0.3) is 0 Å². The van der Waals surface area contributed by atoms with Gasteiger partial charge in [-0.15, -0.1) is 12.4 Å². The third kappa shape index (κ3) is 3.93. The lowest BCUT2D eigenvalue weighted by Crippen LogP contribution is -2.45. The molecule has 0 radical (unpaired) electrons. The Balaban J connectivity index is 0.00000162. The van der Waals surface area contributed by atoms with Crippen LogP contribution in [0.15, 0.2) is 22.7 Å². The minimum atomic E-state index is -0.499. The van der Waals surface area contributed by atoms with Crippen LogP contribution in [0.5, 0.6) is 0 Å². The second-order valence-corrected chi connectivity index (χ2v) is 5.06. The molecule has 1 amide bonds. The number of hydrogen-bond acceptors (Lipinski definition) is 2. The van der Waals surface area contributed by atoms with Crippen LogP contribution < -0.4 is 10.6 Å². The van der Waals surface area contributed by atoms with Crippen molar-refractivity contribution < 1.29 is 9.18 Å². The van der Waals surface area contributed by atoms with E-state index in [9.17, 15) is 9.18 Å². The Morgan fingerprint density at radius 2 is 2.28 bits per heavy atom. The first-order chi connectivity index (χ1) is 8.16. The first-order valence-corrected chi connectivity index (χ1v) is 6.43. The Bertz CT molecular complexity index is 425. The third-order valence-electron chi connectivity index (χ3n) is 2.81. The molecule has 1 aliphatic rings. The highest BCUT2D eigenvalue weighted by molar-refractivity contribution is 9.10. The second-order valence-electron chi connectivity index (χ2n) is 4.14. The molecular formula is C12H15BrClFN2O. The van der Waals surface area contributed by atoms with Crippen molar-refractivity contribution in [3.05, 3.63) is 34.1 Å². The van der Waals surface area contributed by atoms with Crippen molar-refractivity contribution in [2.24, 2.45) is 0 Å². The SMILES string of the molecule is Cl.O=C(NC1CCCNC1)c1ccc(Br)cc1F. The normalized spacial score (nSPS) is 18.9. The molecule has 1 heterocycles. The summed E-state index contributed by atoms with van der Waals surface area (Å²) in [4.78, 5) is 11.9. The smallest absolute Gasteiger partial charge is 0.254 e. The van der Waals surface area contributed by atoms with Crippen molar-refractivity contribution in [3.8, 4) is 0 Å². The minimum Gasteiger partial charge on any atom is -0.348 e. The zero-order valence-electron chi connectivity index (χ0n) is 9.71. The lowest BCUT2D eigenvalue weighted by molar-refractivity contribution is 0.0926. The van der Waals surface area contributed by atoms with Crippen LogP contribution in [-0.2, 0) is 0 Å². The molecule has 0 bridgehead atoms. The van der Waals surface area contributed by atoms with Gasteiger partial charge < -0.3 is 10.6 Å². The maximum atomic E-state index is 13.5. The van der Waals surface area contributed by atoms with Crippen molar-refractivity contribution >= 4 is 34.2 Å². The molecule has 1 atom stereocenters. The zero-order chi connectivity index (χ0) is 12.3.